The number of nitrogens with zero attached hydrogens (tertiary/aromatic N) is 4. The number of rotatable bonds is 6. The minimum Gasteiger partial charge on any atom is -0.368 e. The molecule has 0 aliphatic carbocycles. The summed E-state index contributed by atoms with van der Waals surface area (Å²) in [5.41, 5.74) is 3.08. The molecule has 37 heavy (non-hydrogen) atoms. The van der Waals surface area contributed by atoms with Crippen molar-refractivity contribution in [2.45, 2.75) is 58.5 Å². The van der Waals surface area contributed by atoms with Crippen molar-refractivity contribution in [3.05, 3.63) is 59.3 Å². The molecule has 0 saturated carbocycles. The fourth-order valence-electron chi connectivity index (χ4n) is 4.30. The van der Waals surface area contributed by atoms with Gasteiger partial charge in [0, 0.05) is 48.4 Å². The normalized spacial score (nSPS) is 15.5. The van der Waals surface area contributed by atoms with Crippen molar-refractivity contribution in [2.24, 2.45) is 0 Å². The van der Waals surface area contributed by atoms with Crippen molar-refractivity contribution in [1.82, 2.24) is 25.8 Å². The Labute approximate surface area is 229 Å². The second-order valence-electron chi connectivity index (χ2n) is 10.0. The summed E-state index contributed by atoms with van der Waals surface area (Å²) in [6, 6.07) is 5.88. The van der Waals surface area contributed by atoms with Gasteiger partial charge in [0.15, 0.2) is 0 Å². The third kappa shape index (κ3) is 6.77. The number of anilines is 1. The molecule has 0 radical (unpaired) electrons. The maximum Gasteiger partial charge on any atom is 0.292 e. The molecule has 1 atom stereocenters. The van der Waals surface area contributed by atoms with Crippen LogP contribution >= 0.6 is 24.8 Å². The van der Waals surface area contributed by atoms with E-state index in [2.05, 4.69) is 30.7 Å². The molecule has 1 saturated heterocycles. The van der Waals surface area contributed by atoms with Crippen molar-refractivity contribution in [1.29, 1.82) is 0 Å². The molecule has 11 heteroatoms. The van der Waals surface area contributed by atoms with Crippen LogP contribution in [0.5, 0.6) is 0 Å². The average molecular weight is 554 g/mol. The smallest absolute Gasteiger partial charge is 0.292 e. The Hall–Kier alpha value is -2.75. The number of piperidine rings is 1. The SMILES string of the molecule is CNC1CCCN(c2cnccc2-c2ccc(CNC(=O)c3noc(C(C)(C)C)n3)c(C)c2F)C1.Cl.Cl. The number of pyridine rings is 1. The zero-order valence-electron chi connectivity index (χ0n) is 21.8. The minimum atomic E-state index is -0.464. The molecule has 1 unspecified atom stereocenters. The van der Waals surface area contributed by atoms with Crippen molar-refractivity contribution >= 4 is 36.4 Å². The fourth-order valence-corrected chi connectivity index (χ4v) is 4.30. The van der Waals surface area contributed by atoms with E-state index in [1.165, 1.54) is 0 Å². The van der Waals surface area contributed by atoms with Gasteiger partial charge in [-0.3, -0.25) is 9.78 Å². The summed E-state index contributed by atoms with van der Waals surface area (Å²) >= 11 is 0. The van der Waals surface area contributed by atoms with Crippen molar-refractivity contribution < 1.29 is 13.7 Å². The third-order valence-corrected chi connectivity index (χ3v) is 6.47. The summed E-state index contributed by atoms with van der Waals surface area (Å²) in [5.74, 6) is -0.417. The van der Waals surface area contributed by atoms with Gasteiger partial charge in [-0.15, -0.1) is 24.8 Å². The maximum absolute atomic E-state index is 15.6. The number of carbonyl (C=O) groups is 1. The summed E-state index contributed by atoms with van der Waals surface area (Å²) in [6.45, 7) is 9.42. The van der Waals surface area contributed by atoms with Gasteiger partial charge in [0.25, 0.3) is 11.7 Å². The molecule has 4 rings (SSSR count). The first-order chi connectivity index (χ1) is 16.7. The molecule has 2 aromatic heterocycles. The van der Waals surface area contributed by atoms with Crippen LogP contribution in [-0.4, -0.2) is 47.2 Å². The summed E-state index contributed by atoms with van der Waals surface area (Å²) in [7, 11) is 1.97. The molecule has 1 aliphatic rings. The number of amides is 1. The Kier molecular flexibility index (Phi) is 10.4. The van der Waals surface area contributed by atoms with Crippen molar-refractivity contribution in [2.75, 3.05) is 25.0 Å². The van der Waals surface area contributed by atoms with Crippen molar-refractivity contribution in [3.63, 3.8) is 0 Å². The number of halogens is 3. The van der Waals surface area contributed by atoms with Gasteiger partial charge in [-0.25, -0.2) is 4.39 Å². The van der Waals surface area contributed by atoms with Crippen LogP contribution in [0.1, 0.15) is 61.2 Å². The van der Waals surface area contributed by atoms with Gasteiger partial charge in [0.2, 0.25) is 5.89 Å². The topological polar surface area (TPSA) is 96.2 Å². The van der Waals surface area contributed by atoms with E-state index in [4.69, 9.17) is 4.52 Å². The van der Waals surface area contributed by atoms with E-state index in [1.807, 2.05) is 46.1 Å². The zero-order valence-corrected chi connectivity index (χ0v) is 23.4. The predicted octanol–water partition coefficient (Wildman–Crippen LogP) is 4.84. The number of hydrogen-bond acceptors (Lipinski definition) is 7. The van der Waals surface area contributed by atoms with Crippen molar-refractivity contribution in [3.8, 4) is 11.1 Å². The fraction of sp³-hybridized carbons (Fsp3) is 0.462. The van der Waals surface area contributed by atoms with Gasteiger partial charge in [-0.1, -0.05) is 38.1 Å². The Morgan fingerprint density at radius 1 is 1.22 bits per heavy atom. The molecule has 1 fully saturated rings. The van der Waals surface area contributed by atoms with Gasteiger partial charge < -0.3 is 20.1 Å². The van der Waals surface area contributed by atoms with Gasteiger partial charge in [-0.05, 0) is 44.0 Å². The molecular formula is C26H35Cl2FN6O2. The molecular weight excluding hydrogens is 518 g/mol. The first-order valence-electron chi connectivity index (χ1n) is 12.0. The monoisotopic (exact) mass is 552 g/mol. The van der Waals surface area contributed by atoms with Crippen LogP contribution in [0.4, 0.5) is 10.1 Å². The van der Waals surface area contributed by atoms with Gasteiger partial charge in [-0.2, -0.15) is 4.98 Å². The average Bonchev–Trinajstić information content (AvgIpc) is 3.36. The van der Waals surface area contributed by atoms with Gasteiger partial charge in [0.05, 0.1) is 11.9 Å². The summed E-state index contributed by atoms with van der Waals surface area (Å²) < 4.78 is 20.8. The Balaban J connectivity index is 0.00000241. The van der Waals surface area contributed by atoms with Crippen LogP contribution in [0.2, 0.25) is 0 Å². The quantitative estimate of drug-likeness (QED) is 0.451. The molecule has 1 aromatic carbocycles. The Bertz CT molecular complexity index is 1210. The number of hydrogen-bond donors (Lipinski definition) is 2. The summed E-state index contributed by atoms with van der Waals surface area (Å²) in [4.78, 5) is 23.3. The van der Waals surface area contributed by atoms with E-state index in [-0.39, 0.29) is 48.4 Å². The second-order valence-corrected chi connectivity index (χ2v) is 10.0. The molecule has 1 aliphatic heterocycles. The summed E-state index contributed by atoms with van der Waals surface area (Å²) in [6.07, 6.45) is 5.69. The lowest BCUT2D eigenvalue weighted by Crippen LogP contribution is -2.44. The van der Waals surface area contributed by atoms with Crippen LogP contribution in [-0.2, 0) is 12.0 Å². The minimum absolute atomic E-state index is 0. The molecule has 8 nitrogen and oxygen atoms in total. The van der Waals surface area contributed by atoms with Gasteiger partial charge >= 0.3 is 0 Å². The molecule has 2 N–H and O–H groups in total. The third-order valence-electron chi connectivity index (χ3n) is 6.47. The molecule has 1 amide bonds. The highest BCUT2D eigenvalue weighted by atomic mass is 35.5. The van der Waals surface area contributed by atoms with E-state index in [0.29, 0.717) is 28.6 Å². The van der Waals surface area contributed by atoms with Gasteiger partial charge in [0.1, 0.15) is 5.82 Å². The lowest BCUT2D eigenvalue weighted by molar-refractivity contribution is 0.0937. The second kappa shape index (κ2) is 12.7. The number of nitrogens with one attached hydrogen (secondary N) is 2. The largest absolute Gasteiger partial charge is 0.368 e. The van der Waals surface area contributed by atoms with E-state index in [1.54, 1.807) is 19.2 Å². The summed E-state index contributed by atoms with van der Waals surface area (Å²) in [5, 5.41) is 9.88. The molecule has 0 spiro atoms. The van der Waals surface area contributed by atoms with Crippen LogP contribution in [0.25, 0.3) is 11.1 Å². The molecule has 0 bridgehead atoms. The molecule has 3 heterocycles. The number of aromatic nitrogens is 3. The number of carbonyl (C=O) groups excluding carboxylic acids is 1. The van der Waals surface area contributed by atoms with Crippen LogP contribution in [0.15, 0.2) is 35.1 Å². The Morgan fingerprint density at radius 3 is 2.65 bits per heavy atom. The first-order valence-corrected chi connectivity index (χ1v) is 12.0. The lowest BCUT2D eigenvalue weighted by atomic mass is 9.97. The Morgan fingerprint density at radius 2 is 1.97 bits per heavy atom. The van der Waals surface area contributed by atoms with Crippen LogP contribution in [0.3, 0.4) is 0 Å². The maximum atomic E-state index is 15.6. The van der Waals surface area contributed by atoms with Crippen LogP contribution < -0.4 is 15.5 Å². The lowest BCUT2D eigenvalue weighted by Gasteiger charge is -2.35. The highest BCUT2D eigenvalue weighted by Crippen LogP contribution is 2.35. The van der Waals surface area contributed by atoms with E-state index < -0.39 is 5.91 Å². The number of benzene rings is 1. The first kappa shape index (κ1) is 30.5. The van der Waals surface area contributed by atoms with Crippen LogP contribution in [0, 0.1) is 12.7 Å². The number of likely N-dealkylation sites (N-methyl/N-ethyl adjacent to an activating group) is 1. The van der Waals surface area contributed by atoms with E-state index in [9.17, 15) is 4.79 Å². The molecule has 3 aromatic rings. The van der Waals surface area contributed by atoms with E-state index >= 15 is 4.39 Å². The highest BCUT2D eigenvalue weighted by Gasteiger charge is 2.25. The molecule has 202 valence electrons. The van der Waals surface area contributed by atoms with E-state index in [0.717, 1.165) is 37.2 Å². The highest BCUT2D eigenvalue weighted by molar-refractivity contribution is 5.90. The zero-order chi connectivity index (χ0) is 25.2. The predicted molar refractivity (Wildman–Crippen MR) is 147 cm³/mol. The standard InChI is InChI=1S/C26H33FN6O2.2ClH/c1-16-17(13-30-24(34)23-31-25(35-32-23)26(2,3)4)8-9-20(22(16)27)19-10-11-29-14-21(19)33-12-6-7-18(15-33)28-5;;/h8-11,14,18,28H,6-7,12-13,15H2,1-5H3,(H,30,34);2*1H.